The second-order valence-electron chi connectivity index (χ2n) is 3.90. The maximum atomic E-state index is 11.3. The van der Waals surface area contributed by atoms with Gasteiger partial charge in [-0.2, -0.15) is 0 Å². The molecule has 0 unspecified atom stereocenters. The van der Waals surface area contributed by atoms with Crippen molar-refractivity contribution in [2.45, 2.75) is 51.9 Å². The summed E-state index contributed by atoms with van der Waals surface area (Å²) in [7, 11) is 1.70. The van der Waals surface area contributed by atoms with Crippen LogP contribution in [0.1, 0.15) is 51.9 Å². The summed E-state index contributed by atoms with van der Waals surface area (Å²) in [5, 5.41) is 0. The third-order valence-corrected chi connectivity index (χ3v) is 2.31. The van der Waals surface area contributed by atoms with Crippen LogP contribution in [0.5, 0.6) is 0 Å². The molecule has 0 saturated heterocycles. The molecule has 0 N–H and O–H groups in total. The molecule has 88 valence electrons. The van der Waals surface area contributed by atoms with Gasteiger partial charge < -0.3 is 9.53 Å². The zero-order valence-electron chi connectivity index (χ0n) is 9.88. The Kier molecular flexibility index (Phi) is 9.38. The first-order chi connectivity index (χ1) is 7.16. The summed E-state index contributed by atoms with van der Waals surface area (Å²) in [5.41, 5.74) is 0. The summed E-state index contributed by atoms with van der Waals surface area (Å²) in [4.78, 5) is 21.9. The van der Waals surface area contributed by atoms with Crippen molar-refractivity contribution in [1.82, 2.24) is 0 Å². The molecule has 3 nitrogen and oxygen atoms in total. The first-order valence-electron chi connectivity index (χ1n) is 5.67. The van der Waals surface area contributed by atoms with E-state index in [0.717, 1.165) is 32.3 Å². The summed E-state index contributed by atoms with van der Waals surface area (Å²) < 4.78 is 4.93. The van der Waals surface area contributed by atoms with E-state index >= 15 is 0 Å². The van der Waals surface area contributed by atoms with Crippen LogP contribution in [0.2, 0.25) is 0 Å². The van der Waals surface area contributed by atoms with Gasteiger partial charge in [0.05, 0.1) is 0 Å². The molecular formula is C12H22O3. The number of carbonyl (C=O) groups is 2. The van der Waals surface area contributed by atoms with Crippen molar-refractivity contribution in [2.24, 2.45) is 0 Å². The molecule has 0 bridgehead atoms. The molecule has 15 heavy (non-hydrogen) atoms. The normalized spacial score (nSPS) is 10.3. The lowest BCUT2D eigenvalue weighted by Gasteiger charge is -2.00. The fraction of sp³-hybridized carbons (Fsp3) is 0.833. The molecule has 0 radical (unpaired) electrons. The predicted octanol–water partition coefficient (Wildman–Crippen LogP) is 2.52. The van der Waals surface area contributed by atoms with E-state index in [-0.39, 0.29) is 11.6 Å². The van der Waals surface area contributed by atoms with Crippen LogP contribution in [0.15, 0.2) is 0 Å². The van der Waals surface area contributed by atoms with Crippen LogP contribution in [0.25, 0.3) is 0 Å². The molecule has 0 rings (SSSR count). The molecule has 0 aliphatic carbocycles. The van der Waals surface area contributed by atoms with Crippen LogP contribution in [0.4, 0.5) is 0 Å². The first-order valence-corrected chi connectivity index (χ1v) is 5.67. The number of ether oxygens (including phenoxy) is 1. The van der Waals surface area contributed by atoms with Gasteiger partial charge in [0, 0.05) is 33.0 Å². The van der Waals surface area contributed by atoms with Gasteiger partial charge in [0.15, 0.2) is 0 Å². The van der Waals surface area contributed by atoms with E-state index in [1.165, 1.54) is 6.92 Å². The molecule has 0 amide bonds. The van der Waals surface area contributed by atoms with Crippen LogP contribution in [-0.4, -0.2) is 25.3 Å². The van der Waals surface area contributed by atoms with Crippen LogP contribution in [0, 0.1) is 0 Å². The van der Waals surface area contributed by atoms with Crippen molar-refractivity contribution in [3.63, 3.8) is 0 Å². The first kappa shape index (κ1) is 14.3. The van der Waals surface area contributed by atoms with E-state index in [0.29, 0.717) is 19.3 Å². The van der Waals surface area contributed by atoms with Crippen molar-refractivity contribution >= 4 is 11.6 Å². The number of methoxy groups -OCH3 is 1. The molecule has 3 heteroatoms. The Balaban J connectivity index is 3.20. The lowest BCUT2D eigenvalue weighted by atomic mass is 10.1. The second-order valence-corrected chi connectivity index (χ2v) is 3.90. The summed E-state index contributed by atoms with van der Waals surface area (Å²) in [6.45, 7) is 2.33. The fourth-order valence-electron chi connectivity index (χ4n) is 1.36. The Morgan fingerprint density at radius 3 is 2.20 bits per heavy atom. The average molecular weight is 214 g/mol. The third-order valence-electron chi connectivity index (χ3n) is 2.31. The van der Waals surface area contributed by atoms with Gasteiger partial charge in [-0.05, 0) is 19.8 Å². The minimum atomic E-state index is 0.100. The van der Waals surface area contributed by atoms with Gasteiger partial charge >= 0.3 is 0 Å². The number of carbonyl (C=O) groups excluding carboxylic acids is 2. The van der Waals surface area contributed by atoms with Gasteiger partial charge in [-0.1, -0.05) is 12.8 Å². The Morgan fingerprint density at radius 1 is 0.933 bits per heavy atom. The minimum Gasteiger partial charge on any atom is -0.385 e. The molecule has 0 saturated carbocycles. The van der Waals surface area contributed by atoms with Crippen molar-refractivity contribution in [3.8, 4) is 0 Å². The third kappa shape index (κ3) is 11.2. The van der Waals surface area contributed by atoms with E-state index in [1.54, 1.807) is 7.11 Å². The largest absolute Gasteiger partial charge is 0.385 e. The molecule has 0 aromatic rings. The van der Waals surface area contributed by atoms with Gasteiger partial charge in [-0.3, -0.25) is 4.79 Å². The van der Waals surface area contributed by atoms with E-state index < -0.39 is 0 Å². The average Bonchev–Trinajstić information content (AvgIpc) is 2.20. The monoisotopic (exact) mass is 214 g/mol. The fourth-order valence-corrected chi connectivity index (χ4v) is 1.36. The van der Waals surface area contributed by atoms with Gasteiger partial charge in [0.25, 0.3) is 0 Å². The molecule has 0 aromatic heterocycles. The Morgan fingerprint density at radius 2 is 1.60 bits per heavy atom. The van der Waals surface area contributed by atoms with Crippen molar-refractivity contribution in [3.05, 3.63) is 0 Å². The van der Waals surface area contributed by atoms with Crippen LogP contribution >= 0.6 is 0 Å². The second kappa shape index (κ2) is 9.84. The Labute approximate surface area is 92.2 Å². The lowest BCUT2D eigenvalue weighted by Crippen LogP contribution is -2.01. The van der Waals surface area contributed by atoms with E-state index in [9.17, 15) is 9.59 Å². The quantitative estimate of drug-likeness (QED) is 0.525. The van der Waals surface area contributed by atoms with Crippen LogP contribution in [-0.2, 0) is 14.3 Å². The molecule has 0 atom stereocenters. The summed E-state index contributed by atoms with van der Waals surface area (Å²) in [6.07, 6.45) is 5.66. The maximum absolute atomic E-state index is 11.3. The highest BCUT2D eigenvalue weighted by molar-refractivity contribution is 5.84. The highest BCUT2D eigenvalue weighted by Gasteiger charge is 2.03. The van der Waals surface area contributed by atoms with Crippen LogP contribution < -0.4 is 0 Å². The SMILES string of the molecule is COCCCCCCC(=O)CCC(C)=O. The minimum absolute atomic E-state index is 0.100. The van der Waals surface area contributed by atoms with Gasteiger partial charge in [0.2, 0.25) is 0 Å². The van der Waals surface area contributed by atoms with Gasteiger partial charge in [-0.15, -0.1) is 0 Å². The van der Waals surface area contributed by atoms with Crippen LogP contribution in [0.3, 0.4) is 0 Å². The number of unbranched alkanes of at least 4 members (excludes halogenated alkanes) is 3. The predicted molar refractivity (Wildman–Crippen MR) is 59.9 cm³/mol. The maximum Gasteiger partial charge on any atom is 0.133 e. The molecular weight excluding hydrogens is 192 g/mol. The van der Waals surface area contributed by atoms with E-state index in [1.807, 2.05) is 0 Å². The van der Waals surface area contributed by atoms with Gasteiger partial charge in [-0.25, -0.2) is 0 Å². The van der Waals surface area contributed by atoms with Gasteiger partial charge in [0.1, 0.15) is 11.6 Å². The van der Waals surface area contributed by atoms with Crippen molar-refractivity contribution in [2.75, 3.05) is 13.7 Å². The van der Waals surface area contributed by atoms with Crippen molar-refractivity contribution in [1.29, 1.82) is 0 Å². The summed E-state index contributed by atoms with van der Waals surface area (Å²) in [6, 6.07) is 0. The molecule has 0 aromatic carbocycles. The topological polar surface area (TPSA) is 43.4 Å². The molecule has 0 fully saturated rings. The smallest absolute Gasteiger partial charge is 0.133 e. The number of rotatable bonds is 10. The highest BCUT2D eigenvalue weighted by atomic mass is 16.5. The Hall–Kier alpha value is -0.700. The molecule has 0 aliphatic heterocycles. The molecule has 0 heterocycles. The van der Waals surface area contributed by atoms with Crippen molar-refractivity contribution < 1.29 is 14.3 Å². The standard InChI is InChI=1S/C12H22O3/c1-11(13)8-9-12(14)7-5-3-4-6-10-15-2/h3-10H2,1-2H3. The number of hydrogen-bond donors (Lipinski definition) is 0. The zero-order valence-corrected chi connectivity index (χ0v) is 9.88. The van der Waals surface area contributed by atoms with E-state index in [2.05, 4.69) is 0 Å². The highest BCUT2D eigenvalue weighted by Crippen LogP contribution is 2.06. The zero-order chi connectivity index (χ0) is 11.5. The molecule has 0 spiro atoms. The Bertz CT molecular complexity index is 187. The molecule has 0 aliphatic rings. The number of ketones is 2. The number of Topliss-reactive ketones (excluding diaryl/α,β-unsaturated/α-hetero) is 2. The lowest BCUT2D eigenvalue weighted by molar-refractivity contribution is -0.123. The summed E-state index contributed by atoms with van der Waals surface area (Å²) >= 11 is 0. The van der Waals surface area contributed by atoms with E-state index in [4.69, 9.17) is 4.74 Å². The number of hydrogen-bond acceptors (Lipinski definition) is 3. The summed E-state index contributed by atoms with van der Waals surface area (Å²) in [5.74, 6) is 0.320.